The van der Waals surface area contributed by atoms with E-state index in [1.807, 2.05) is 0 Å². The van der Waals surface area contributed by atoms with E-state index in [2.05, 4.69) is 26.4 Å². The van der Waals surface area contributed by atoms with Crippen LogP contribution in [-0.2, 0) is 35.5 Å². The lowest BCUT2D eigenvalue weighted by Gasteiger charge is -2.19. The summed E-state index contributed by atoms with van der Waals surface area (Å²) in [5.41, 5.74) is 2.52. The molecule has 0 aliphatic carbocycles. The molecule has 0 heterocycles. The lowest BCUT2D eigenvalue weighted by molar-refractivity contribution is -0.382. The number of nitrogens with one attached hydrogen (secondary N) is 4. The van der Waals surface area contributed by atoms with Gasteiger partial charge in [-0.1, -0.05) is 30.3 Å². The second-order valence-electron chi connectivity index (χ2n) is 7.30. The van der Waals surface area contributed by atoms with Crippen LogP contribution in [0, 0.1) is 0 Å². The average molecular weight is 424 g/mol. The van der Waals surface area contributed by atoms with Gasteiger partial charge < -0.3 is 21.1 Å². The molecule has 11 nitrogen and oxygen atoms in total. The number of amides is 3. The first-order valence-corrected chi connectivity index (χ1v) is 9.24. The molecule has 0 aliphatic rings. The Kier molecular flexibility index (Phi) is 10.4. The number of hydroxylamine groups is 1. The average Bonchev–Trinajstić information content (AvgIpc) is 2.67. The zero-order valence-electron chi connectivity index (χ0n) is 17.2. The predicted octanol–water partition coefficient (Wildman–Crippen LogP) is -0.718. The molecule has 0 saturated heterocycles. The summed E-state index contributed by atoms with van der Waals surface area (Å²) >= 11 is 0. The number of benzene rings is 1. The molecule has 0 aliphatic heterocycles. The van der Waals surface area contributed by atoms with Gasteiger partial charge in [0, 0.05) is 6.42 Å². The molecule has 0 aromatic heterocycles. The molecular weight excluding hydrogens is 396 g/mol. The number of carboxylic acid groups (broad SMARTS) is 1. The van der Waals surface area contributed by atoms with Gasteiger partial charge >= 0.3 is 5.97 Å². The Balaban J connectivity index is 2.50. The first-order valence-electron chi connectivity index (χ1n) is 9.24. The van der Waals surface area contributed by atoms with Crippen molar-refractivity contribution in [1.29, 1.82) is 0 Å². The second-order valence-corrected chi connectivity index (χ2v) is 7.30. The number of hydrogen-bond donors (Lipinski definition) is 5. The zero-order valence-corrected chi connectivity index (χ0v) is 17.2. The van der Waals surface area contributed by atoms with Crippen molar-refractivity contribution in [2.75, 3.05) is 19.6 Å². The van der Waals surface area contributed by atoms with Gasteiger partial charge in [0.25, 0.3) is 0 Å². The number of carbonyl (C=O) groups is 4. The maximum absolute atomic E-state index is 12.3. The van der Waals surface area contributed by atoms with Gasteiger partial charge in [-0.2, -0.15) is 5.48 Å². The third-order valence-electron chi connectivity index (χ3n) is 3.38. The van der Waals surface area contributed by atoms with Crippen LogP contribution in [0.4, 0.5) is 0 Å². The molecule has 1 aromatic carbocycles. The summed E-state index contributed by atoms with van der Waals surface area (Å²) in [5, 5.41) is 15.8. The number of carbonyl (C=O) groups excluding carboxylic acids is 3. The molecule has 30 heavy (non-hydrogen) atoms. The van der Waals surface area contributed by atoms with Crippen LogP contribution in [0.1, 0.15) is 26.3 Å². The highest BCUT2D eigenvalue weighted by molar-refractivity contribution is 5.91. The minimum Gasteiger partial charge on any atom is -0.480 e. The Bertz CT molecular complexity index is 719. The normalized spacial score (nSPS) is 12.0. The SMILES string of the molecule is CC(C)(C)OONCC(=O)NCC(=O)N[C@@H](Cc1ccccc1)C(=O)NCC(=O)O. The van der Waals surface area contributed by atoms with Crippen molar-refractivity contribution in [2.24, 2.45) is 0 Å². The quantitative estimate of drug-likeness (QED) is 0.167. The van der Waals surface area contributed by atoms with E-state index in [4.69, 9.17) is 9.99 Å². The number of carboxylic acids is 1. The van der Waals surface area contributed by atoms with E-state index in [1.165, 1.54) is 0 Å². The summed E-state index contributed by atoms with van der Waals surface area (Å²) in [7, 11) is 0. The molecule has 5 N–H and O–H groups in total. The molecule has 166 valence electrons. The van der Waals surface area contributed by atoms with Gasteiger partial charge in [0.05, 0.1) is 12.1 Å². The lowest BCUT2D eigenvalue weighted by atomic mass is 10.1. The van der Waals surface area contributed by atoms with Crippen LogP contribution in [0.15, 0.2) is 30.3 Å². The van der Waals surface area contributed by atoms with E-state index in [1.54, 1.807) is 51.1 Å². The third-order valence-corrected chi connectivity index (χ3v) is 3.38. The molecular formula is C19H28N4O7. The molecule has 1 atom stereocenters. The third kappa shape index (κ3) is 11.7. The molecule has 0 radical (unpaired) electrons. The maximum atomic E-state index is 12.3. The van der Waals surface area contributed by atoms with Crippen molar-refractivity contribution in [3.63, 3.8) is 0 Å². The predicted molar refractivity (Wildman–Crippen MR) is 106 cm³/mol. The van der Waals surface area contributed by atoms with Crippen LogP contribution in [0.2, 0.25) is 0 Å². The van der Waals surface area contributed by atoms with E-state index in [0.717, 1.165) is 5.56 Å². The minimum absolute atomic E-state index is 0.158. The van der Waals surface area contributed by atoms with Crippen molar-refractivity contribution >= 4 is 23.7 Å². The largest absolute Gasteiger partial charge is 0.480 e. The van der Waals surface area contributed by atoms with Crippen molar-refractivity contribution in [3.05, 3.63) is 35.9 Å². The molecule has 0 unspecified atom stereocenters. The molecule has 0 saturated carbocycles. The van der Waals surface area contributed by atoms with E-state index in [0.29, 0.717) is 0 Å². The first kappa shape index (κ1) is 25.0. The Morgan fingerprint density at radius 2 is 1.63 bits per heavy atom. The fourth-order valence-corrected chi connectivity index (χ4v) is 2.08. The number of hydrogen-bond acceptors (Lipinski definition) is 7. The topological polar surface area (TPSA) is 155 Å². The van der Waals surface area contributed by atoms with Crippen molar-refractivity contribution in [2.45, 2.75) is 38.8 Å². The van der Waals surface area contributed by atoms with Crippen LogP contribution < -0.4 is 21.4 Å². The first-order chi connectivity index (χ1) is 14.1. The second kappa shape index (κ2) is 12.5. The monoisotopic (exact) mass is 424 g/mol. The minimum atomic E-state index is -1.20. The van der Waals surface area contributed by atoms with Crippen LogP contribution >= 0.6 is 0 Å². The molecule has 1 rings (SSSR count). The summed E-state index contributed by atoms with van der Waals surface area (Å²) in [6, 6.07) is 7.91. The molecule has 0 bridgehead atoms. The van der Waals surface area contributed by atoms with Crippen molar-refractivity contribution < 1.29 is 34.2 Å². The van der Waals surface area contributed by atoms with Gasteiger partial charge in [-0.05, 0) is 26.3 Å². The smallest absolute Gasteiger partial charge is 0.322 e. The van der Waals surface area contributed by atoms with Crippen molar-refractivity contribution in [3.8, 4) is 0 Å². The van der Waals surface area contributed by atoms with Crippen molar-refractivity contribution in [1.82, 2.24) is 21.4 Å². The van der Waals surface area contributed by atoms with Gasteiger partial charge in [-0.15, -0.1) is 4.99 Å². The number of aliphatic carboxylic acids is 1. The van der Waals surface area contributed by atoms with Gasteiger partial charge in [0.2, 0.25) is 17.7 Å². The Morgan fingerprint density at radius 1 is 0.967 bits per heavy atom. The summed E-state index contributed by atoms with van der Waals surface area (Å²) in [5.74, 6) is -2.99. The van der Waals surface area contributed by atoms with Gasteiger partial charge in [-0.3, -0.25) is 19.2 Å². The molecule has 0 fully saturated rings. The van der Waals surface area contributed by atoms with Gasteiger partial charge in [0.15, 0.2) is 0 Å². The summed E-state index contributed by atoms with van der Waals surface area (Å²) in [4.78, 5) is 56.4. The van der Waals surface area contributed by atoms with Crippen LogP contribution in [0.25, 0.3) is 0 Å². The maximum Gasteiger partial charge on any atom is 0.322 e. The van der Waals surface area contributed by atoms with E-state index >= 15 is 0 Å². The van der Waals surface area contributed by atoms with Crippen LogP contribution in [-0.4, -0.2) is 60.1 Å². The van der Waals surface area contributed by atoms with E-state index in [9.17, 15) is 19.2 Å². The molecule has 11 heteroatoms. The summed E-state index contributed by atoms with van der Waals surface area (Å²) in [6.07, 6.45) is 0.158. The summed E-state index contributed by atoms with van der Waals surface area (Å²) < 4.78 is 0. The molecule has 1 aromatic rings. The standard InChI is InChI=1S/C19H28N4O7/c1-19(2,3)29-30-22-11-15(24)20-10-16(25)23-14(18(28)21-12-17(26)27)9-13-7-5-4-6-8-13/h4-8,14,22H,9-12H2,1-3H3,(H,20,24)(H,21,28)(H,23,25)(H,26,27)/t14-/m0/s1. The van der Waals surface area contributed by atoms with Crippen LogP contribution in [0.5, 0.6) is 0 Å². The molecule has 3 amide bonds. The van der Waals surface area contributed by atoms with E-state index in [-0.39, 0.29) is 19.5 Å². The number of rotatable bonds is 12. The van der Waals surface area contributed by atoms with Gasteiger partial charge in [0.1, 0.15) is 19.1 Å². The molecule has 0 spiro atoms. The zero-order chi connectivity index (χ0) is 22.6. The van der Waals surface area contributed by atoms with Crippen LogP contribution in [0.3, 0.4) is 0 Å². The lowest BCUT2D eigenvalue weighted by Crippen LogP contribution is -2.51. The Hall–Kier alpha value is -3.02. The fourth-order valence-electron chi connectivity index (χ4n) is 2.08. The Labute approximate surface area is 174 Å². The highest BCUT2D eigenvalue weighted by Crippen LogP contribution is 2.05. The van der Waals surface area contributed by atoms with E-state index < -0.39 is 41.9 Å². The fraction of sp³-hybridized carbons (Fsp3) is 0.474. The highest BCUT2D eigenvalue weighted by Gasteiger charge is 2.22. The summed E-state index contributed by atoms with van der Waals surface area (Å²) in [6.45, 7) is 4.08. The van der Waals surface area contributed by atoms with Gasteiger partial charge in [-0.25, -0.2) is 4.89 Å². The Morgan fingerprint density at radius 3 is 2.23 bits per heavy atom. The highest BCUT2D eigenvalue weighted by atomic mass is 17.3.